The average Bonchev–Trinajstić information content (AvgIpc) is 2.42. The fourth-order valence-corrected chi connectivity index (χ4v) is 3.63. The molecular weight excluding hydrogens is 378 g/mol. The van der Waals surface area contributed by atoms with Gasteiger partial charge in [-0.15, -0.1) is 0 Å². The van der Waals surface area contributed by atoms with Crippen LogP contribution in [0.3, 0.4) is 0 Å². The Morgan fingerprint density at radius 3 is 2.48 bits per heavy atom. The Morgan fingerprint density at radius 2 is 1.90 bits per heavy atom. The number of methoxy groups -OCH3 is 1. The Morgan fingerprint density at radius 1 is 1.19 bits per heavy atom. The quantitative estimate of drug-likeness (QED) is 0.850. The van der Waals surface area contributed by atoms with Gasteiger partial charge in [0.25, 0.3) is 10.0 Å². The van der Waals surface area contributed by atoms with Crippen molar-refractivity contribution in [3.8, 4) is 5.75 Å². The molecule has 2 aromatic rings. The molecule has 2 rings (SSSR count). The van der Waals surface area contributed by atoms with Gasteiger partial charge in [0.15, 0.2) is 0 Å². The normalized spacial score (nSPS) is 11.2. The number of hydrogen-bond acceptors (Lipinski definition) is 3. The Bertz CT molecular complexity index is 778. The minimum atomic E-state index is -3.68. The van der Waals surface area contributed by atoms with E-state index in [1.165, 1.54) is 19.2 Å². The van der Waals surface area contributed by atoms with Crippen LogP contribution in [-0.2, 0) is 10.0 Å². The van der Waals surface area contributed by atoms with E-state index < -0.39 is 10.0 Å². The molecule has 0 amide bonds. The summed E-state index contributed by atoms with van der Waals surface area (Å²) in [6.45, 7) is 1.85. The number of aryl methyl sites for hydroxylation is 1. The van der Waals surface area contributed by atoms with Gasteiger partial charge in [0, 0.05) is 5.02 Å². The zero-order valence-corrected chi connectivity index (χ0v) is 14.5. The molecule has 21 heavy (non-hydrogen) atoms. The van der Waals surface area contributed by atoms with Crippen LogP contribution in [0.25, 0.3) is 0 Å². The van der Waals surface area contributed by atoms with Crippen LogP contribution in [0.4, 0.5) is 5.69 Å². The third-order valence-electron chi connectivity index (χ3n) is 2.86. The summed E-state index contributed by atoms with van der Waals surface area (Å²) < 4.78 is 32.8. The molecule has 1 N–H and O–H groups in total. The van der Waals surface area contributed by atoms with Gasteiger partial charge in [0.2, 0.25) is 0 Å². The van der Waals surface area contributed by atoms with Crippen LogP contribution in [-0.4, -0.2) is 15.5 Å². The van der Waals surface area contributed by atoms with Crippen molar-refractivity contribution < 1.29 is 13.2 Å². The lowest BCUT2D eigenvalue weighted by Gasteiger charge is -2.10. The van der Waals surface area contributed by atoms with Gasteiger partial charge in [-0.1, -0.05) is 17.7 Å². The van der Waals surface area contributed by atoms with Crippen molar-refractivity contribution in [1.29, 1.82) is 0 Å². The topological polar surface area (TPSA) is 55.4 Å². The molecule has 0 saturated carbocycles. The SMILES string of the molecule is COc1ccc(S(=O)(=O)Nc2ccc(C)c(Cl)c2)cc1Br. The Kier molecular flexibility index (Phi) is 4.81. The average molecular weight is 391 g/mol. The number of benzene rings is 2. The number of halogens is 2. The highest BCUT2D eigenvalue weighted by atomic mass is 79.9. The van der Waals surface area contributed by atoms with E-state index in [1.54, 1.807) is 24.3 Å². The number of nitrogens with one attached hydrogen (secondary N) is 1. The standard InChI is InChI=1S/C14H13BrClNO3S/c1-9-3-4-10(7-13(9)16)17-21(18,19)11-5-6-14(20-2)12(15)8-11/h3-8,17H,1-2H3. The summed E-state index contributed by atoms with van der Waals surface area (Å²) in [5.74, 6) is 0.562. The highest BCUT2D eigenvalue weighted by Gasteiger charge is 2.16. The largest absolute Gasteiger partial charge is 0.496 e. The summed E-state index contributed by atoms with van der Waals surface area (Å²) in [6, 6.07) is 9.54. The second kappa shape index (κ2) is 6.25. The van der Waals surface area contributed by atoms with E-state index >= 15 is 0 Å². The fourth-order valence-electron chi connectivity index (χ4n) is 1.68. The van der Waals surface area contributed by atoms with Crippen LogP contribution < -0.4 is 9.46 Å². The molecule has 0 bridgehead atoms. The van der Waals surface area contributed by atoms with Crippen molar-refractivity contribution >= 4 is 43.2 Å². The first-order chi connectivity index (χ1) is 9.83. The molecule has 2 aromatic carbocycles. The Balaban J connectivity index is 2.33. The molecule has 0 saturated heterocycles. The van der Waals surface area contributed by atoms with Gasteiger partial charge in [0.1, 0.15) is 5.75 Å². The van der Waals surface area contributed by atoms with Crippen molar-refractivity contribution in [2.75, 3.05) is 11.8 Å². The predicted molar refractivity (Wildman–Crippen MR) is 87.7 cm³/mol. The van der Waals surface area contributed by atoms with Crippen LogP contribution >= 0.6 is 27.5 Å². The second-order valence-electron chi connectivity index (χ2n) is 4.37. The summed E-state index contributed by atoms with van der Waals surface area (Å²) in [7, 11) is -2.17. The zero-order valence-electron chi connectivity index (χ0n) is 11.4. The van der Waals surface area contributed by atoms with Gasteiger partial charge in [-0.2, -0.15) is 0 Å². The van der Waals surface area contributed by atoms with Crippen LogP contribution in [0, 0.1) is 6.92 Å². The summed E-state index contributed by atoms with van der Waals surface area (Å²) in [5, 5.41) is 0.506. The van der Waals surface area contributed by atoms with E-state index in [0.29, 0.717) is 20.9 Å². The Hall–Kier alpha value is -1.24. The molecule has 0 spiro atoms. The van der Waals surface area contributed by atoms with E-state index in [4.69, 9.17) is 16.3 Å². The molecule has 4 nitrogen and oxygen atoms in total. The van der Waals surface area contributed by atoms with Gasteiger partial charge in [-0.3, -0.25) is 4.72 Å². The predicted octanol–water partition coefficient (Wildman–Crippen LogP) is 4.22. The molecule has 0 unspecified atom stereocenters. The van der Waals surface area contributed by atoms with Crippen molar-refractivity contribution in [2.24, 2.45) is 0 Å². The lowest BCUT2D eigenvalue weighted by atomic mass is 10.2. The van der Waals surface area contributed by atoms with Crippen LogP contribution in [0.2, 0.25) is 5.02 Å². The van der Waals surface area contributed by atoms with Crippen molar-refractivity contribution in [2.45, 2.75) is 11.8 Å². The molecule has 112 valence electrons. The van der Waals surface area contributed by atoms with Crippen LogP contribution in [0.15, 0.2) is 45.8 Å². The van der Waals surface area contributed by atoms with Gasteiger partial charge in [0.05, 0.1) is 22.2 Å². The number of rotatable bonds is 4. The van der Waals surface area contributed by atoms with Gasteiger partial charge in [-0.25, -0.2) is 8.42 Å². The summed E-state index contributed by atoms with van der Waals surface area (Å²) >= 11 is 9.26. The molecule has 0 aliphatic carbocycles. The molecule has 0 radical (unpaired) electrons. The first kappa shape index (κ1) is 16.1. The molecule has 0 aliphatic rings. The summed E-state index contributed by atoms with van der Waals surface area (Å²) in [4.78, 5) is 0.131. The maximum Gasteiger partial charge on any atom is 0.261 e. The monoisotopic (exact) mass is 389 g/mol. The molecular formula is C14H13BrClNO3S. The molecule has 7 heteroatoms. The fraction of sp³-hybridized carbons (Fsp3) is 0.143. The van der Waals surface area contributed by atoms with Crippen LogP contribution in [0.5, 0.6) is 5.75 Å². The highest BCUT2D eigenvalue weighted by molar-refractivity contribution is 9.10. The lowest BCUT2D eigenvalue weighted by Crippen LogP contribution is -2.13. The third-order valence-corrected chi connectivity index (χ3v) is 5.26. The van der Waals surface area contributed by atoms with Crippen molar-refractivity contribution in [1.82, 2.24) is 0 Å². The first-order valence-corrected chi connectivity index (χ1v) is 8.61. The molecule has 0 aliphatic heterocycles. The van der Waals surface area contributed by atoms with E-state index in [0.717, 1.165) is 5.56 Å². The lowest BCUT2D eigenvalue weighted by molar-refractivity contribution is 0.411. The molecule has 0 fully saturated rings. The Labute approximate surface area is 137 Å². The van der Waals surface area contributed by atoms with Crippen LogP contribution in [0.1, 0.15) is 5.56 Å². The maximum atomic E-state index is 12.3. The number of ether oxygens (including phenoxy) is 1. The van der Waals surface area contributed by atoms with Gasteiger partial charge in [-0.05, 0) is 58.7 Å². The molecule has 0 atom stereocenters. The van der Waals surface area contributed by atoms with Gasteiger partial charge < -0.3 is 4.74 Å². The van der Waals surface area contributed by atoms with E-state index in [9.17, 15) is 8.42 Å². The smallest absolute Gasteiger partial charge is 0.261 e. The highest BCUT2D eigenvalue weighted by Crippen LogP contribution is 2.29. The molecule has 0 heterocycles. The minimum Gasteiger partial charge on any atom is -0.496 e. The number of hydrogen-bond donors (Lipinski definition) is 1. The zero-order chi connectivity index (χ0) is 15.6. The maximum absolute atomic E-state index is 12.3. The van der Waals surface area contributed by atoms with Gasteiger partial charge >= 0.3 is 0 Å². The minimum absolute atomic E-state index is 0.131. The van der Waals surface area contributed by atoms with Crippen molar-refractivity contribution in [3.05, 3.63) is 51.5 Å². The van der Waals surface area contributed by atoms with Crippen molar-refractivity contribution in [3.63, 3.8) is 0 Å². The third kappa shape index (κ3) is 3.70. The first-order valence-electron chi connectivity index (χ1n) is 5.96. The number of sulfonamides is 1. The second-order valence-corrected chi connectivity index (χ2v) is 7.31. The summed E-state index contributed by atoms with van der Waals surface area (Å²) in [6.07, 6.45) is 0. The number of anilines is 1. The summed E-state index contributed by atoms with van der Waals surface area (Å²) in [5.41, 5.74) is 1.30. The van der Waals surface area contributed by atoms with E-state index in [1.807, 2.05) is 6.92 Å². The van der Waals surface area contributed by atoms with E-state index in [2.05, 4.69) is 20.7 Å². The molecule has 0 aromatic heterocycles. The van der Waals surface area contributed by atoms with E-state index in [-0.39, 0.29) is 4.90 Å².